The van der Waals surface area contributed by atoms with E-state index >= 15 is 0 Å². The zero-order chi connectivity index (χ0) is 14.8. The van der Waals surface area contributed by atoms with Crippen LogP contribution in [0.4, 0.5) is 0 Å². The Morgan fingerprint density at radius 3 is 2.71 bits per heavy atom. The molecule has 5 nitrogen and oxygen atoms in total. The number of carboxylic acid groups (broad SMARTS) is 1. The van der Waals surface area contributed by atoms with Crippen LogP contribution in [-0.2, 0) is 0 Å². The van der Waals surface area contributed by atoms with E-state index in [0.29, 0.717) is 15.9 Å². The number of para-hydroxylation sites is 1. The number of carbonyl (C=O) groups is 1. The molecule has 0 atom stereocenters. The Kier molecular flexibility index (Phi) is 3.41. The number of ether oxygens (including phenoxy) is 1. The van der Waals surface area contributed by atoms with E-state index in [2.05, 4.69) is 9.97 Å². The van der Waals surface area contributed by atoms with Crippen LogP contribution in [-0.4, -0.2) is 21.0 Å². The molecular weight excluding hydrogens is 292 g/mol. The minimum Gasteiger partial charge on any atom is -0.478 e. The number of carboxylic acids is 1. The van der Waals surface area contributed by atoms with Crippen molar-refractivity contribution in [2.75, 3.05) is 0 Å². The summed E-state index contributed by atoms with van der Waals surface area (Å²) in [4.78, 5) is 19.7. The first-order chi connectivity index (χ1) is 10.2. The van der Waals surface area contributed by atoms with Gasteiger partial charge in [-0.3, -0.25) is 4.98 Å². The minimum atomic E-state index is -1.10. The predicted octanol–water partition coefficient (Wildman–Crippen LogP) is 3.77. The van der Waals surface area contributed by atoms with E-state index in [1.165, 1.54) is 12.4 Å². The largest absolute Gasteiger partial charge is 0.478 e. The van der Waals surface area contributed by atoms with Gasteiger partial charge in [-0.1, -0.05) is 29.8 Å². The van der Waals surface area contributed by atoms with E-state index in [4.69, 9.17) is 16.3 Å². The molecule has 1 aromatic carbocycles. The van der Waals surface area contributed by atoms with E-state index in [9.17, 15) is 9.90 Å². The van der Waals surface area contributed by atoms with Crippen LogP contribution in [0.1, 0.15) is 10.4 Å². The van der Waals surface area contributed by atoms with Crippen molar-refractivity contribution in [3.05, 3.63) is 59.4 Å². The summed E-state index contributed by atoms with van der Waals surface area (Å²) in [5.41, 5.74) is 0.608. The number of halogens is 1. The summed E-state index contributed by atoms with van der Waals surface area (Å²) in [6, 6.07) is 10.2. The first-order valence-electron chi connectivity index (χ1n) is 6.06. The van der Waals surface area contributed by atoms with Crippen LogP contribution < -0.4 is 4.74 Å². The van der Waals surface area contributed by atoms with Gasteiger partial charge in [-0.2, -0.15) is 0 Å². The van der Waals surface area contributed by atoms with E-state index in [1.807, 2.05) is 0 Å². The number of benzene rings is 1. The van der Waals surface area contributed by atoms with Gasteiger partial charge in [0.25, 0.3) is 0 Å². The third kappa shape index (κ3) is 2.51. The van der Waals surface area contributed by atoms with Crippen LogP contribution in [0.3, 0.4) is 0 Å². The van der Waals surface area contributed by atoms with Gasteiger partial charge in [0.05, 0.1) is 11.7 Å². The van der Waals surface area contributed by atoms with Gasteiger partial charge in [0.15, 0.2) is 5.75 Å². The highest BCUT2D eigenvalue weighted by atomic mass is 35.5. The maximum Gasteiger partial charge on any atom is 0.340 e. The third-order valence-electron chi connectivity index (χ3n) is 2.89. The van der Waals surface area contributed by atoms with E-state index in [1.54, 1.807) is 36.4 Å². The lowest BCUT2D eigenvalue weighted by atomic mass is 10.1. The summed E-state index contributed by atoms with van der Waals surface area (Å²) in [6.45, 7) is 0. The number of fused-ring (bicyclic) bond motifs is 1. The Labute approximate surface area is 124 Å². The summed E-state index contributed by atoms with van der Waals surface area (Å²) in [7, 11) is 0. The van der Waals surface area contributed by atoms with Crippen LogP contribution in [0, 0.1) is 0 Å². The van der Waals surface area contributed by atoms with Crippen LogP contribution >= 0.6 is 11.6 Å². The fourth-order valence-corrected chi connectivity index (χ4v) is 2.13. The lowest BCUT2D eigenvalue weighted by Gasteiger charge is -2.10. The van der Waals surface area contributed by atoms with Gasteiger partial charge < -0.3 is 9.84 Å². The molecule has 0 radical (unpaired) electrons. The molecule has 2 aromatic heterocycles. The molecule has 2 heterocycles. The molecule has 3 aromatic rings. The maximum atomic E-state index is 11.5. The van der Waals surface area contributed by atoms with Crippen molar-refractivity contribution in [3.63, 3.8) is 0 Å². The van der Waals surface area contributed by atoms with Gasteiger partial charge >= 0.3 is 5.97 Å². The molecule has 1 N–H and O–H groups in total. The standard InChI is InChI=1S/C15H9ClN2O3/c16-10-5-3-7-17-14(10)21-12-8-18-11-6-2-1-4-9(11)13(12)15(19)20/h1-8H,(H,19,20). The molecule has 0 bridgehead atoms. The lowest BCUT2D eigenvalue weighted by molar-refractivity contribution is 0.0696. The molecule has 104 valence electrons. The van der Waals surface area contributed by atoms with E-state index in [0.717, 1.165) is 0 Å². The van der Waals surface area contributed by atoms with Crippen molar-refractivity contribution in [2.45, 2.75) is 0 Å². The van der Waals surface area contributed by atoms with Gasteiger partial charge in [0.1, 0.15) is 10.6 Å². The van der Waals surface area contributed by atoms with Crippen LogP contribution in [0.15, 0.2) is 48.8 Å². The summed E-state index contributed by atoms with van der Waals surface area (Å²) in [5.74, 6) is -0.865. The topological polar surface area (TPSA) is 72.3 Å². The average Bonchev–Trinajstić information content (AvgIpc) is 2.49. The SMILES string of the molecule is O=C(O)c1c(Oc2ncccc2Cl)cnc2ccccc12. The van der Waals surface area contributed by atoms with Gasteiger partial charge in [-0.15, -0.1) is 0 Å². The molecule has 0 unspecified atom stereocenters. The number of nitrogens with zero attached hydrogens (tertiary/aromatic N) is 2. The highest BCUT2D eigenvalue weighted by Gasteiger charge is 2.18. The monoisotopic (exact) mass is 300 g/mol. The second-order valence-corrected chi connectivity index (χ2v) is 4.62. The fourth-order valence-electron chi connectivity index (χ4n) is 1.97. The maximum absolute atomic E-state index is 11.5. The molecule has 0 spiro atoms. The van der Waals surface area contributed by atoms with Gasteiger partial charge in [0.2, 0.25) is 5.88 Å². The normalized spacial score (nSPS) is 10.5. The summed E-state index contributed by atoms with van der Waals surface area (Å²) in [5, 5.41) is 10.2. The smallest absolute Gasteiger partial charge is 0.340 e. The highest BCUT2D eigenvalue weighted by molar-refractivity contribution is 6.31. The fraction of sp³-hybridized carbons (Fsp3) is 0. The van der Waals surface area contributed by atoms with Crippen molar-refractivity contribution >= 4 is 28.5 Å². The number of aromatic carboxylic acids is 1. The number of pyridine rings is 2. The molecule has 21 heavy (non-hydrogen) atoms. The Morgan fingerprint density at radius 2 is 1.95 bits per heavy atom. The van der Waals surface area contributed by atoms with E-state index < -0.39 is 5.97 Å². The zero-order valence-electron chi connectivity index (χ0n) is 10.7. The first kappa shape index (κ1) is 13.3. The molecule has 0 aliphatic rings. The molecule has 0 aliphatic heterocycles. The minimum absolute atomic E-state index is 0.0299. The van der Waals surface area contributed by atoms with E-state index in [-0.39, 0.29) is 17.2 Å². The molecule has 0 amide bonds. The molecule has 0 saturated heterocycles. The Hall–Kier alpha value is -2.66. The van der Waals surface area contributed by atoms with Gasteiger partial charge in [-0.05, 0) is 18.2 Å². The average molecular weight is 301 g/mol. The van der Waals surface area contributed by atoms with Gasteiger partial charge in [-0.25, -0.2) is 9.78 Å². The van der Waals surface area contributed by atoms with Crippen molar-refractivity contribution < 1.29 is 14.6 Å². The quantitative estimate of drug-likeness (QED) is 0.797. The first-order valence-corrected chi connectivity index (χ1v) is 6.44. The Morgan fingerprint density at radius 1 is 1.14 bits per heavy atom. The Bertz CT molecular complexity index is 836. The second-order valence-electron chi connectivity index (χ2n) is 4.21. The zero-order valence-corrected chi connectivity index (χ0v) is 11.4. The summed E-state index contributed by atoms with van der Waals surface area (Å²) >= 11 is 5.97. The molecule has 0 aliphatic carbocycles. The van der Waals surface area contributed by atoms with Crippen LogP contribution in [0.5, 0.6) is 11.6 Å². The van der Waals surface area contributed by atoms with Crippen molar-refractivity contribution in [1.29, 1.82) is 0 Å². The molecule has 3 rings (SSSR count). The molecule has 6 heteroatoms. The summed E-state index contributed by atoms with van der Waals surface area (Å²) in [6.07, 6.45) is 2.87. The summed E-state index contributed by atoms with van der Waals surface area (Å²) < 4.78 is 5.52. The number of hydrogen-bond acceptors (Lipinski definition) is 4. The Balaban J connectivity index is 2.17. The molecule has 0 fully saturated rings. The third-order valence-corrected chi connectivity index (χ3v) is 3.17. The lowest BCUT2D eigenvalue weighted by Crippen LogP contribution is -2.03. The van der Waals surface area contributed by atoms with Gasteiger partial charge in [0, 0.05) is 11.6 Å². The number of rotatable bonds is 3. The molecule has 0 saturated carbocycles. The van der Waals surface area contributed by atoms with Crippen molar-refractivity contribution in [1.82, 2.24) is 9.97 Å². The second kappa shape index (κ2) is 5.38. The number of aromatic nitrogens is 2. The van der Waals surface area contributed by atoms with Crippen LogP contribution in [0.25, 0.3) is 10.9 Å². The molecular formula is C15H9ClN2O3. The van der Waals surface area contributed by atoms with Crippen LogP contribution in [0.2, 0.25) is 5.02 Å². The van der Waals surface area contributed by atoms with Crippen molar-refractivity contribution in [3.8, 4) is 11.6 Å². The number of hydrogen-bond donors (Lipinski definition) is 1. The van der Waals surface area contributed by atoms with Crippen molar-refractivity contribution in [2.24, 2.45) is 0 Å². The highest BCUT2D eigenvalue weighted by Crippen LogP contribution is 2.32. The predicted molar refractivity (Wildman–Crippen MR) is 78.0 cm³/mol.